The number of carbonyl (C=O) groups is 1. The van der Waals surface area contributed by atoms with E-state index in [9.17, 15) is 4.79 Å². The van der Waals surface area contributed by atoms with Crippen molar-refractivity contribution in [1.29, 1.82) is 0 Å². The van der Waals surface area contributed by atoms with Crippen molar-refractivity contribution < 1.29 is 4.79 Å². The summed E-state index contributed by atoms with van der Waals surface area (Å²) < 4.78 is 0. The van der Waals surface area contributed by atoms with Crippen molar-refractivity contribution in [2.45, 2.75) is 46.5 Å². The first-order chi connectivity index (χ1) is 8.51. The predicted molar refractivity (Wildman–Crippen MR) is 76.7 cm³/mol. The van der Waals surface area contributed by atoms with Gasteiger partial charge in [0.05, 0.1) is 0 Å². The van der Waals surface area contributed by atoms with Crippen molar-refractivity contribution >= 4 is 5.78 Å². The Balaban J connectivity index is 2.44. The lowest BCUT2D eigenvalue weighted by Gasteiger charge is -2.09. The van der Waals surface area contributed by atoms with Crippen LogP contribution in [0.2, 0.25) is 0 Å². The number of rotatable bonds is 7. The van der Waals surface area contributed by atoms with Crippen LogP contribution in [0.25, 0.3) is 0 Å². The second-order valence-electron chi connectivity index (χ2n) is 5.43. The van der Waals surface area contributed by atoms with Crippen LogP contribution in [0.15, 0.2) is 18.2 Å². The summed E-state index contributed by atoms with van der Waals surface area (Å²) in [5.41, 5.74) is 9.11. The number of hydrogen-bond donors (Lipinski definition) is 1. The lowest BCUT2D eigenvalue weighted by Crippen LogP contribution is -2.09. The van der Waals surface area contributed by atoms with Gasteiger partial charge in [0, 0.05) is 12.8 Å². The molecule has 2 N–H and O–H groups in total. The Hall–Kier alpha value is -1.15. The number of nitrogens with two attached hydrogens (primary N) is 1. The van der Waals surface area contributed by atoms with Crippen LogP contribution >= 0.6 is 0 Å². The van der Waals surface area contributed by atoms with E-state index in [1.807, 2.05) is 0 Å². The molecule has 1 aromatic rings. The first-order valence-corrected chi connectivity index (χ1v) is 6.80. The van der Waals surface area contributed by atoms with Gasteiger partial charge in [-0.2, -0.15) is 0 Å². The second kappa shape index (κ2) is 7.32. The highest BCUT2D eigenvalue weighted by atomic mass is 16.1. The van der Waals surface area contributed by atoms with Crippen LogP contribution in [0.5, 0.6) is 0 Å². The van der Waals surface area contributed by atoms with Crippen molar-refractivity contribution in [3.8, 4) is 0 Å². The van der Waals surface area contributed by atoms with Crippen molar-refractivity contribution in [2.75, 3.05) is 6.54 Å². The molecule has 0 heterocycles. The predicted octanol–water partition coefficient (Wildman–Crippen LogP) is 3.18. The van der Waals surface area contributed by atoms with Gasteiger partial charge in [-0.1, -0.05) is 36.2 Å². The summed E-state index contributed by atoms with van der Waals surface area (Å²) in [6.07, 6.45) is 3.21. The monoisotopic (exact) mass is 247 g/mol. The van der Waals surface area contributed by atoms with Crippen LogP contribution in [0.3, 0.4) is 0 Å². The largest absolute Gasteiger partial charge is 0.330 e. The molecule has 1 rings (SSSR count). The molecule has 18 heavy (non-hydrogen) atoms. The van der Waals surface area contributed by atoms with Crippen LogP contribution < -0.4 is 5.73 Å². The fourth-order valence-corrected chi connectivity index (χ4v) is 2.32. The van der Waals surface area contributed by atoms with Gasteiger partial charge >= 0.3 is 0 Å². The number of benzene rings is 1. The van der Waals surface area contributed by atoms with Gasteiger partial charge in [-0.3, -0.25) is 4.79 Å². The van der Waals surface area contributed by atoms with E-state index in [-0.39, 0.29) is 0 Å². The number of ketones is 1. The van der Waals surface area contributed by atoms with Gasteiger partial charge < -0.3 is 5.73 Å². The molecule has 0 aromatic heterocycles. The molecule has 0 bridgehead atoms. The van der Waals surface area contributed by atoms with Crippen molar-refractivity contribution in [3.63, 3.8) is 0 Å². The number of hydrogen-bond acceptors (Lipinski definition) is 2. The lowest BCUT2D eigenvalue weighted by molar-refractivity contribution is -0.118. The molecular weight excluding hydrogens is 222 g/mol. The molecule has 0 aliphatic heterocycles. The molecule has 0 saturated heterocycles. The van der Waals surface area contributed by atoms with Crippen LogP contribution in [0.1, 0.15) is 42.9 Å². The molecular formula is C16H25NO. The Morgan fingerprint density at radius 2 is 1.78 bits per heavy atom. The maximum absolute atomic E-state index is 11.9. The molecule has 1 unspecified atom stereocenters. The van der Waals surface area contributed by atoms with Gasteiger partial charge in [-0.15, -0.1) is 0 Å². The van der Waals surface area contributed by atoms with E-state index in [0.717, 1.165) is 18.4 Å². The Labute approximate surface area is 111 Å². The number of carbonyl (C=O) groups excluding carboxylic acids is 1. The molecule has 0 radical (unpaired) electrons. The zero-order valence-corrected chi connectivity index (χ0v) is 11.8. The average Bonchev–Trinajstić information content (AvgIpc) is 2.25. The molecule has 0 aliphatic carbocycles. The van der Waals surface area contributed by atoms with E-state index < -0.39 is 0 Å². The van der Waals surface area contributed by atoms with Gasteiger partial charge in [0.15, 0.2) is 0 Å². The Kier molecular flexibility index (Phi) is 6.06. The Morgan fingerprint density at radius 3 is 2.33 bits per heavy atom. The molecule has 2 heteroatoms. The highest BCUT2D eigenvalue weighted by Crippen LogP contribution is 2.13. The van der Waals surface area contributed by atoms with Gasteiger partial charge in [0.1, 0.15) is 5.78 Å². The van der Waals surface area contributed by atoms with E-state index in [2.05, 4.69) is 39.0 Å². The summed E-state index contributed by atoms with van der Waals surface area (Å²) in [5.74, 6) is 0.891. The maximum Gasteiger partial charge on any atom is 0.137 e. The molecule has 0 saturated carbocycles. The quantitative estimate of drug-likeness (QED) is 0.804. The standard InChI is InChI=1S/C16H25NO/c1-12(6-7-17)4-5-16(18)11-15-9-13(2)8-14(3)10-15/h8-10,12H,4-7,11,17H2,1-3H3. The highest BCUT2D eigenvalue weighted by molar-refractivity contribution is 5.80. The fraction of sp³-hybridized carbons (Fsp3) is 0.562. The van der Waals surface area contributed by atoms with Crippen molar-refractivity contribution in [1.82, 2.24) is 0 Å². The molecule has 0 amide bonds. The van der Waals surface area contributed by atoms with E-state index in [0.29, 0.717) is 31.1 Å². The number of aryl methyl sites for hydroxylation is 2. The summed E-state index contributed by atoms with van der Waals surface area (Å²) in [6.45, 7) is 7.03. The van der Waals surface area contributed by atoms with E-state index in [1.54, 1.807) is 0 Å². The molecule has 1 atom stereocenters. The van der Waals surface area contributed by atoms with E-state index in [1.165, 1.54) is 11.1 Å². The third-order valence-electron chi connectivity index (χ3n) is 3.26. The van der Waals surface area contributed by atoms with Crippen LogP contribution in [0, 0.1) is 19.8 Å². The third-order valence-corrected chi connectivity index (χ3v) is 3.26. The first kappa shape index (κ1) is 14.9. The van der Waals surface area contributed by atoms with E-state index in [4.69, 9.17) is 5.73 Å². The van der Waals surface area contributed by atoms with Gasteiger partial charge in [0.2, 0.25) is 0 Å². The maximum atomic E-state index is 11.9. The Morgan fingerprint density at radius 1 is 1.17 bits per heavy atom. The average molecular weight is 247 g/mol. The summed E-state index contributed by atoms with van der Waals surface area (Å²) in [4.78, 5) is 11.9. The van der Waals surface area contributed by atoms with Gasteiger partial charge in [-0.25, -0.2) is 0 Å². The van der Waals surface area contributed by atoms with E-state index >= 15 is 0 Å². The normalized spacial score (nSPS) is 12.4. The summed E-state index contributed by atoms with van der Waals surface area (Å²) in [6, 6.07) is 6.35. The summed E-state index contributed by atoms with van der Waals surface area (Å²) in [7, 11) is 0. The summed E-state index contributed by atoms with van der Waals surface area (Å²) in [5, 5.41) is 0. The first-order valence-electron chi connectivity index (χ1n) is 6.80. The minimum atomic E-state index is 0.337. The smallest absolute Gasteiger partial charge is 0.137 e. The molecule has 0 aliphatic rings. The fourth-order valence-electron chi connectivity index (χ4n) is 2.32. The topological polar surface area (TPSA) is 43.1 Å². The molecule has 0 fully saturated rings. The van der Waals surface area contributed by atoms with Gasteiger partial charge in [0.25, 0.3) is 0 Å². The highest BCUT2D eigenvalue weighted by Gasteiger charge is 2.08. The molecule has 1 aromatic carbocycles. The zero-order valence-electron chi connectivity index (χ0n) is 11.8. The summed E-state index contributed by atoms with van der Waals surface area (Å²) >= 11 is 0. The molecule has 100 valence electrons. The van der Waals surface area contributed by atoms with Gasteiger partial charge in [-0.05, 0) is 44.7 Å². The van der Waals surface area contributed by atoms with Crippen LogP contribution in [0.4, 0.5) is 0 Å². The SMILES string of the molecule is Cc1cc(C)cc(CC(=O)CCC(C)CCN)c1. The minimum absolute atomic E-state index is 0.337. The number of Topliss-reactive ketones (excluding diaryl/α,β-unsaturated/α-hetero) is 1. The van der Waals surface area contributed by atoms with Crippen molar-refractivity contribution in [2.24, 2.45) is 11.7 Å². The Bertz CT molecular complexity index is 378. The molecule has 2 nitrogen and oxygen atoms in total. The van der Waals surface area contributed by atoms with Crippen LogP contribution in [-0.4, -0.2) is 12.3 Å². The van der Waals surface area contributed by atoms with Crippen molar-refractivity contribution in [3.05, 3.63) is 34.9 Å². The zero-order chi connectivity index (χ0) is 13.5. The second-order valence-corrected chi connectivity index (χ2v) is 5.43. The lowest BCUT2D eigenvalue weighted by atomic mass is 9.96. The minimum Gasteiger partial charge on any atom is -0.330 e. The third kappa shape index (κ3) is 5.46. The van der Waals surface area contributed by atoms with Crippen LogP contribution in [-0.2, 0) is 11.2 Å². The molecule has 0 spiro atoms.